The summed E-state index contributed by atoms with van der Waals surface area (Å²) in [6.07, 6.45) is 4.31. The van der Waals surface area contributed by atoms with Gasteiger partial charge < -0.3 is 9.84 Å². The van der Waals surface area contributed by atoms with Crippen molar-refractivity contribution in [1.29, 1.82) is 0 Å². The highest BCUT2D eigenvalue weighted by Gasteiger charge is 2.20. The van der Waals surface area contributed by atoms with Gasteiger partial charge in [-0.3, -0.25) is 4.98 Å². The number of hydrogen-bond acceptors (Lipinski definition) is 3. The maximum absolute atomic E-state index is 10.3. The lowest BCUT2D eigenvalue weighted by atomic mass is 10.00. The summed E-state index contributed by atoms with van der Waals surface area (Å²) in [5.41, 5.74) is 3.08. The molecule has 0 fully saturated rings. The average Bonchev–Trinajstić information content (AvgIpc) is 2.88. The van der Waals surface area contributed by atoms with E-state index in [1.807, 2.05) is 18.2 Å². The van der Waals surface area contributed by atoms with Gasteiger partial charge in [0.2, 0.25) is 0 Å². The molecule has 1 atom stereocenters. The number of aliphatic hydroxyl groups excluding tert-OH is 1. The maximum atomic E-state index is 10.3. The molecule has 3 nitrogen and oxygen atoms in total. The molecular weight excluding hydrogens is 306 g/mol. The Labute approximate surface area is 120 Å². The highest BCUT2D eigenvalue weighted by atomic mass is 79.9. The Morgan fingerprint density at radius 1 is 1.42 bits per heavy atom. The Morgan fingerprint density at radius 2 is 2.32 bits per heavy atom. The van der Waals surface area contributed by atoms with Crippen molar-refractivity contribution in [2.45, 2.75) is 18.9 Å². The van der Waals surface area contributed by atoms with Gasteiger partial charge in [0.05, 0.1) is 12.7 Å². The predicted molar refractivity (Wildman–Crippen MR) is 76.2 cm³/mol. The van der Waals surface area contributed by atoms with Crippen molar-refractivity contribution in [3.05, 3.63) is 57.8 Å². The van der Waals surface area contributed by atoms with Crippen LogP contribution in [0.4, 0.5) is 0 Å². The van der Waals surface area contributed by atoms with Crippen LogP contribution >= 0.6 is 15.9 Å². The number of ether oxygens (including phenoxy) is 1. The van der Waals surface area contributed by atoms with Gasteiger partial charge in [-0.15, -0.1) is 0 Å². The normalized spacial score (nSPS) is 14.8. The Kier molecular flexibility index (Phi) is 3.53. The highest BCUT2D eigenvalue weighted by molar-refractivity contribution is 9.10. The van der Waals surface area contributed by atoms with Crippen LogP contribution in [0.2, 0.25) is 0 Å². The fourth-order valence-corrected chi connectivity index (χ4v) is 2.95. The lowest BCUT2D eigenvalue weighted by molar-refractivity contribution is 0.176. The molecule has 0 bridgehead atoms. The van der Waals surface area contributed by atoms with Crippen LogP contribution in [0.1, 0.15) is 22.8 Å². The molecule has 4 heteroatoms. The smallest absolute Gasteiger partial charge is 0.125 e. The zero-order chi connectivity index (χ0) is 13.2. The summed E-state index contributed by atoms with van der Waals surface area (Å²) in [5.74, 6) is 0.936. The standard InChI is InChI=1S/C15H14BrNO2/c16-13-6-10-3-5-19-15(10)12(7-13)8-14(18)11-2-1-4-17-9-11/h1-2,4,6-7,9,14,18H,3,5,8H2. The third-order valence-electron chi connectivity index (χ3n) is 3.31. The molecule has 19 heavy (non-hydrogen) atoms. The third kappa shape index (κ3) is 2.65. The van der Waals surface area contributed by atoms with Gasteiger partial charge >= 0.3 is 0 Å². The van der Waals surface area contributed by atoms with Gasteiger partial charge in [-0.25, -0.2) is 0 Å². The molecule has 0 spiro atoms. The lowest BCUT2D eigenvalue weighted by Crippen LogP contribution is -2.03. The fourth-order valence-electron chi connectivity index (χ4n) is 2.40. The molecule has 98 valence electrons. The molecule has 0 saturated heterocycles. The molecule has 3 rings (SSSR count). The molecule has 0 saturated carbocycles. The first kappa shape index (κ1) is 12.6. The molecule has 1 N–H and O–H groups in total. The minimum atomic E-state index is -0.559. The monoisotopic (exact) mass is 319 g/mol. The van der Waals surface area contributed by atoms with E-state index in [-0.39, 0.29) is 0 Å². The van der Waals surface area contributed by atoms with E-state index in [0.717, 1.165) is 34.4 Å². The first-order valence-electron chi connectivity index (χ1n) is 6.26. The summed E-state index contributed by atoms with van der Waals surface area (Å²) in [5, 5.41) is 10.3. The summed E-state index contributed by atoms with van der Waals surface area (Å²) in [6.45, 7) is 0.724. The van der Waals surface area contributed by atoms with Crippen molar-refractivity contribution in [2.75, 3.05) is 6.61 Å². The predicted octanol–water partition coefficient (Wildman–Crippen LogP) is 3.06. The second-order valence-electron chi connectivity index (χ2n) is 4.66. The van der Waals surface area contributed by atoms with Crippen LogP contribution in [-0.4, -0.2) is 16.7 Å². The molecule has 0 amide bonds. The van der Waals surface area contributed by atoms with Gasteiger partial charge in [-0.1, -0.05) is 22.0 Å². The molecule has 2 aromatic rings. The van der Waals surface area contributed by atoms with E-state index in [0.29, 0.717) is 6.42 Å². The number of benzene rings is 1. The molecule has 1 aliphatic rings. The third-order valence-corrected chi connectivity index (χ3v) is 3.77. The van der Waals surface area contributed by atoms with E-state index >= 15 is 0 Å². The molecule has 1 aliphatic heterocycles. The Hall–Kier alpha value is -1.39. The SMILES string of the molecule is OC(Cc1cc(Br)cc2c1OCC2)c1cccnc1. The Bertz CT molecular complexity index is 586. The van der Waals surface area contributed by atoms with Crippen molar-refractivity contribution >= 4 is 15.9 Å². The van der Waals surface area contributed by atoms with Gasteiger partial charge in [0.1, 0.15) is 5.75 Å². The summed E-state index contributed by atoms with van der Waals surface area (Å²) >= 11 is 3.51. The van der Waals surface area contributed by atoms with Gasteiger partial charge in [-0.05, 0) is 34.9 Å². The van der Waals surface area contributed by atoms with Crippen LogP contribution in [0, 0.1) is 0 Å². The Balaban J connectivity index is 1.88. The van der Waals surface area contributed by atoms with Crippen LogP contribution in [-0.2, 0) is 12.8 Å². The van der Waals surface area contributed by atoms with Gasteiger partial charge in [0, 0.05) is 29.7 Å². The molecule has 2 heterocycles. The second kappa shape index (κ2) is 5.31. The fraction of sp³-hybridized carbons (Fsp3) is 0.267. The number of hydrogen-bond donors (Lipinski definition) is 1. The van der Waals surface area contributed by atoms with Crippen LogP contribution < -0.4 is 4.74 Å². The molecule has 1 unspecified atom stereocenters. The summed E-state index contributed by atoms with van der Waals surface area (Å²) < 4.78 is 6.71. The molecule has 1 aromatic heterocycles. The van der Waals surface area contributed by atoms with Crippen LogP contribution in [0.25, 0.3) is 0 Å². The zero-order valence-electron chi connectivity index (χ0n) is 10.3. The summed E-state index contributed by atoms with van der Waals surface area (Å²) in [4.78, 5) is 4.04. The average molecular weight is 320 g/mol. The van der Waals surface area contributed by atoms with E-state index < -0.39 is 6.10 Å². The first-order chi connectivity index (χ1) is 9.24. The number of aromatic nitrogens is 1. The highest BCUT2D eigenvalue weighted by Crippen LogP contribution is 2.35. The van der Waals surface area contributed by atoms with Crippen LogP contribution in [0.15, 0.2) is 41.1 Å². The number of nitrogens with zero attached hydrogens (tertiary/aromatic N) is 1. The molecule has 0 radical (unpaired) electrons. The molecular formula is C15H14BrNO2. The largest absolute Gasteiger partial charge is 0.493 e. The second-order valence-corrected chi connectivity index (χ2v) is 5.57. The minimum Gasteiger partial charge on any atom is -0.493 e. The van der Waals surface area contributed by atoms with Crippen molar-refractivity contribution in [1.82, 2.24) is 4.98 Å². The van der Waals surface area contributed by atoms with E-state index in [1.165, 1.54) is 5.56 Å². The topological polar surface area (TPSA) is 42.4 Å². The van der Waals surface area contributed by atoms with Crippen molar-refractivity contribution in [2.24, 2.45) is 0 Å². The van der Waals surface area contributed by atoms with Gasteiger partial charge in [0.15, 0.2) is 0 Å². The summed E-state index contributed by atoms with van der Waals surface area (Å²) in [7, 11) is 0. The summed E-state index contributed by atoms with van der Waals surface area (Å²) in [6, 6.07) is 7.82. The number of rotatable bonds is 3. The molecule has 0 aliphatic carbocycles. The lowest BCUT2D eigenvalue weighted by Gasteiger charge is -2.14. The maximum Gasteiger partial charge on any atom is 0.125 e. The minimum absolute atomic E-state index is 0.535. The van der Waals surface area contributed by atoms with E-state index in [4.69, 9.17) is 4.74 Å². The van der Waals surface area contributed by atoms with Gasteiger partial charge in [0.25, 0.3) is 0 Å². The number of pyridine rings is 1. The van der Waals surface area contributed by atoms with Crippen LogP contribution in [0.3, 0.4) is 0 Å². The Morgan fingerprint density at radius 3 is 3.11 bits per heavy atom. The van der Waals surface area contributed by atoms with Crippen molar-refractivity contribution in [3.63, 3.8) is 0 Å². The molecule has 1 aromatic carbocycles. The number of aliphatic hydroxyl groups is 1. The number of halogens is 1. The quantitative estimate of drug-likeness (QED) is 0.945. The van der Waals surface area contributed by atoms with Crippen molar-refractivity contribution in [3.8, 4) is 5.75 Å². The first-order valence-corrected chi connectivity index (χ1v) is 7.05. The van der Waals surface area contributed by atoms with Crippen LogP contribution in [0.5, 0.6) is 5.75 Å². The van der Waals surface area contributed by atoms with Crippen molar-refractivity contribution < 1.29 is 9.84 Å². The van der Waals surface area contributed by atoms with Gasteiger partial charge in [-0.2, -0.15) is 0 Å². The van der Waals surface area contributed by atoms with E-state index in [1.54, 1.807) is 12.4 Å². The zero-order valence-corrected chi connectivity index (χ0v) is 11.9. The number of fused-ring (bicyclic) bond motifs is 1. The van der Waals surface area contributed by atoms with E-state index in [9.17, 15) is 5.11 Å². The van der Waals surface area contributed by atoms with E-state index in [2.05, 4.69) is 27.0 Å².